The third-order valence-electron chi connectivity index (χ3n) is 4.71. The molecule has 4 aromatic rings. The molecule has 0 saturated carbocycles. The van der Waals surface area contributed by atoms with Crippen LogP contribution in [0.5, 0.6) is 11.5 Å². The Balaban J connectivity index is 1.82. The number of furan rings is 1. The van der Waals surface area contributed by atoms with E-state index in [9.17, 15) is 10.4 Å². The van der Waals surface area contributed by atoms with Crippen molar-refractivity contribution in [1.29, 1.82) is 5.26 Å². The summed E-state index contributed by atoms with van der Waals surface area (Å²) in [4.78, 5) is 4.46. The van der Waals surface area contributed by atoms with Crippen molar-refractivity contribution in [3.8, 4) is 40.0 Å². The minimum absolute atomic E-state index is 0.0624. The van der Waals surface area contributed by atoms with Crippen LogP contribution in [0.2, 0.25) is 0 Å². The van der Waals surface area contributed by atoms with Gasteiger partial charge in [-0.25, -0.2) is 4.99 Å². The summed E-state index contributed by atoms with van der Waals surface area (Å²) in [6.45, 7) is 2.28. The fourth-order valence-electron chi connectivity index (χ4n) is 3.30. The average Bonchev–Trinajstić information content (AvgIpc) is 3.19. The standard InChI is InChI=1S/C26H20N2O3/c1-2-30-23-15-18(13-14-22(23)29)17-28-26-21(16-27)24(19-9-5-3-6-10-19)25(31-26)20-11-7-4-8-12-20/h3-15,17,29H,2H2,1H3. The highest BCUT2D eigenvalue weighted by Crippen LogP contribution is 2.42. The molecule has 0 saturated heterocycles. The second-order valence-electron chi connectivity index (χ2n) is 6.75. The van der Waals surface area contributed by atoms with Crippen molar-refractivity contribution in [1.82, 2.24) is 0 Å². The van der Waals surface area contributed by atoms with Crippen molar-refractivity contribution >= 4 is 12.1 Å². The zero-order valence-corrected chi connectivity index (χ0v) is 16.9. The molecule has 0 spiro atoms. The smallest absolute Gasteiger partial charge is 0.238 e. The Morgan fingerprint density at radius 2 is 1.68 bits per heavy atom. The van der Waals surface area contributed by atoms with E-state index in [2.05, 4.69) is 11.1 Å². The van der Waals surface area contributed by atoms with E-state index >= 15 is 0 Å². The molecule has 0 bridgehead atoms. The Kier molecular flexibility index (Phi) is 5.82. The molecule has 0 atom stereocenters. The molecule has 0 aliphatic carbocycles. The van der Waals surface area contributed by atoms with Crippen molar-refractivity contribution in [2.75, 3.05) is 6.61 Å². The van der Waals surface area contributed by atoms with Crippen molar-refractivity contribution in [3.05, 3.63) is 90.0 Å². The molecule has 152 valence electrons. The topological polar surface area (TPSA) is 78.8 Å². The zero-order chi connectivity index (χ0) is 21.6. The van der Waals surface area contributed by atoms with Crippen LogP contribution in [0, 0.1) is 11.3 Å². The summed E-state index contributed by atoms with van der Waals surface area (Å²) in [6.07, 6.45) is 1.59. The van der Waals surface area contributed by atoms with Gasteiger partial charge in [-0.05, 0) is 36.2 Å². The highest BCUT2D eigenvalue weighted by Gasteiger charge is 2.22. The number of benzene rings is 3. The number of phenolic OH excluding ortho intramolecular Hbond substituents is 1. The Morgan fingerprint density at radius 1 is 1.00 bits per heavy atom. The first-order chi connectivity index (χ1) is 15.2. The van der Waals surface area contributed by atoms with Gasteiger partial charge in [0.15, 0.2) is 11.5 Å². The first-order valence-electron chi connectivity index (χ1n) is 9.89. The van der Waals surface area contributed by atoms with Gasteiger partial charge in [0.05, 0.1) is 6.61 Å². The molecule has 1 N–H and O–H groups in total. The van der Waals surface area contributed by atoms with E-state index in [0.29, 0.717) is 34.8 Å². The molecule has 0 amide bonds. The predicted molar refractivity (Wildman–Crippen MR) is 121 cm³/mol. The Labute approximate surface area is 180 Å². The van der Waals surface area contributed by atoms with Crippen molar-refractivity contribution in [3.63, 3.8) is 0 Å². The van der Waals surface area contributed by atoms with E-state index < -0.39 is 0 Å². The molecular formula is C26H20N2O3. The zero-order valence-electron chi connectivity index (χ0n) is 16.9. The molecule has 0 unspecified atom stereocenters. The van der Waals surface area contributed by atoms with Crippen LogP contribution in [-0.2, 0) is 0 Å². The van der Waals surface area contributed by atoms with Crippen LogP contribution < -0.4 is 4.74 Å². The van der Waals surface area contributed by atoms with Crippen LogP contribution in [0.25, 0.3) is 22.5 Å². The van der Waals surface area contributed by atoms with Crippen LogP contribution in [0.1, 0.15) is 18.1 Å². The number of nitriles is 1. The maximum atomic E-state index is 9.93. The van der Waals surface area contributed by atoms with E-state index in [1.54, 1.807) is 24.4 Å². The number of aliphatic imine (C=N–C) groups is 1. The second kappa shape index (κ2) is 9.02. The lowest BCUT2D eigenvalue weighted by molar-refractivity contribution is 0.318. The number of hydrogen-bond acceptors (Lipinski definition) is 5. The summed E-state index contributed by atoms with van der Waals surface area (Å²) in [5.74, 6) is 1.26. The number of phenols is 1. The molecule has 5 nitrogen and oxygen atoms in total. The Hall–Kier alpha value is -4.30. The number of rotatable bonds is 6. The Bertz CT molecular complexity index is 1250. The third-order valence-corrected chi connectivity index (χ3v) is 4.71. The summed E-state index contributed by atoms with van der Waals surface area (Å²) in [6, 6.07) is 26.5. The SMILES string of the molecule is CCOc1cc(C=Nc2oc(-c3ccccc3)c(-c3ccccc3)c2C#N)ccc1O. The predicted octanol–water partition coefficient (Wildman–Crippen LogP) is 6.34. The molecule has 0 radical (unpaired) electrons. The molecule has 4 rings (SSSR count). The number of ether oxygens (including phenoxy) is 1. The number of hydrogen-bond donors (Lipinski definition) is 1. The summed E-state index contributed by atoms with van der Waals surface area (Å²) < 4.78 is 11.5. The molecule has 5 heteroatoms. The molecular weight excluding hydrogens is 388 g/mol. The Morgan fingerprint density at radius 3 is 2.32 bits per heavy atom. The van der Waals surface area contributed by atoms with Crippen LogP contribution in [0.4, 0.5) is 5.88 Å². The van der Waals surface area contributed by atoms with Gasteiger partial charge in [-0.15, -0.1) is 0 Å². The highest BCUT2D eigenvalue weighted by molar-refractivity contribution is 5.90. The molecule has 0 fully saturated rings. The van der Waals surface area contributed by atoms with E-state index in [1.807, 2.05) is 67.6 Å². The maximum absolute atomic E-state index is 9.93. The summed E-state index contributed by atoms with van der Waals surface area (Å²) in [5, 5.41) is 19.8. The van der Waals surface area contributed by atoms with E-state index in [4.69, 9.17) is 9.15 Å². The number of nitrogens with zero attached hydrogens (tertiary/aromatic N) is 2. The van der Waals surface area contributed by atoms with Gasteiger partial charge in [0, 0.05) is 17.3 Å². The largest absolute Gasteiger partial charge is 0.504 e. The minimum Gasteiger partial charge on any atom is -0.504 e. The van der Waals surface area contributed by atoms with Gasteiger partial charge in [0.1, 0.15) is 17.4 Å². The molecule has 3 aromatic carbocycles. The van der Waals surface area contributed by atoms with Gasteiger partial charge in [-0.1, -0.05) is 60.7 Å². The van der Waals surface area contributed by atoms with Crippen LogP contribution in [0.3, 0.4) is 0 Å². The van der Waals surface area contributed by atoms with Crippen molar-refractivity contribution < 1.29 is 14.3 Å². The molecule has 0 aliphatic rings. The summed E-state index contributed by atoms with van der Waals surface area (Å²) >= 11 is 0. The summed E-state index contributed by atoms with van der Waals surface area (Å²) in [5.41, 5.74) is 3.53. The number of aromatic hydroxyl groups is 1. The van der Waals surface area contributed by atoms with E-state index in [0.717, 1.165) is 11.1 Å². The van der Waals surface area contributed by atoms with E-state index in [-0.39, 0.29) is 11.6 Å². The normalized spacial score (nSPS) is 10.8. The van der Waals surface area contributed by atoms with Gasteiger partial charge >= 0.3 is 0 Å². The van der Waals surface area contributed by atoms with Crippen molar-refractivity contribution in [2.24, 2.45) is 4.99 Å². The highest BCUT2D eigenvalue weighted by atomic mass is 16.5. The lowest BCUT2D eigenvalue weighted by Gasteiger charge is -2.05. The lowest BCUT2D eigenvalue weighted by Crippen LogP contribution is -1.93. The lowest BCUT2D eigenvalue weighted by atomic mass is 9.98. The quantitative estimate of drug-likeness (QED) is 0.378. The first-order valence-corrected chi connectivity index (χ1v) is 9.89. The van der Waals surface area contributed by atoms with Crippen molar-refractivity contribution in [2.45, 2.75) is 6.92 Å². The molecule has 1 aromatic heterocycles. The fourth-order valence-corrected chi connectivity index (χ4v) is 3.30. The molecule has 31 heavy (non-hydrogen) atoms. The van der Waals surface area contributed by atoms with Gasteiger partial charge in [0.2, 0.25) is 5.88 Å². The van der Waals surface area contributed by atoms with Gasteiger partial charge in [0.25, 0.3) is 0 Å². The van der Waals surface area contributed by atoms with Crippen LogP contribution in [-0.4, -0.2) is 17.9 Å². The van der Waals surface area contributed by atoms with Crippen LogP contribution >= 0.6 is 0 Å². The summed E-state index contributed by atoms with van der Waals surface area (Å²) in [7, 11) is 0. The molecule has 0 aliphatic heterocycles. The fraction of sp³-hybridized carbons (Fsp3) is 0.0769. The maximum Gasteiger partial charge on any atom is 0.238 e. The van der Waals surface area contributed by atoms with E-state index in [1.165, 1.54) is 0 Å². The van der Waals surface area contributed by atoms with Crippen LogP contribution in [0.15, 0.2) is 88.3 Å². The van der Waals surface area contributed by atoms with Gasteiger partial charge in [-0.2, -0.15) is 5.26 Å². The average molecular weight is 408 g/mol. The minimum atomic E-state index is 0.0624. The van der Waals surface area contributed by atoms with Gasteiger partial charge in [-0.3, -0.25) is 0 Å². The van der Waals surface area contributed by atoms with Gasteiger partial charge < -0.3 is 14.3 Å². The third kappa shape index (κ3) is 4.19. The second-order valence-corrected chi connectivity index (χ2v) is 6.75. The molecule has 1 heterocycles. The monoisotopic (exact) mass is 408 g/mol. The first kappa shape index (κ1) is 20.0.